The molecule has 3 aromatic rings. The van der Waals surface area contributed by atoms with E-state index in [2.05, 4.69) is 0 Å². The van der Waals surface area contributed by atoms with Gasteiger partial charge in [-0.15, -0.1) is 0 Å². The Balaban J connectivity index is 1.90. The minimum absolute atomic E-state index is 0.0440. The van der Waals surface area contributed by atoms with Gasteiger partial charge in [-0.3, -0.25) is 4.79 Å². The lowest BCUT2D eigenvalue weighted by molar-refractivity contribution is 0.0986. The van der Waals surface area contributed by atoms with E-state index in [1.807, 2.05) is 30.3 Å². The highest BCUT2D eigenvalue weighted by atomic mass is 19.1. The Kier molecular flexibility index (Phi) is 6.17. The summed E-state index contributed by atoms with van der Waals surface area (Å²) in [5, 5.41) is 0. The van der Waals surface area contributed by atoms with Crippen LogP contribution in [0.15, 0.2) is 78.9 Å². The number of hydrogen-bond acceptors (Lipinski definition) is 2. The first kappa shape index (κ1) is 19.3. The second-order valence-corrected chi connectivity index (χ2v) is 6.02. The van der Waals surface area contributed by atoms with Crippen molar-refractivity contribution in [3.63, 3.8) is 0 Å². The number of carbonyl (C=O) groups excluding carboxylic acids is 1. The largest absolute Gasteiger partial charge is 0.496 e. The van der Waals surface area contributed by atoms with E-state index in [0.717, 1.165) is 5.56 Å². The van der Waals surface area contributed by atoms with Gasteiger partial charge in [-0.2, -0.15) is 0 Å². The van der Waals surface area contributed by atoms with Crippen LogP contribution in [0.25, 0.3) is 6.08 Å². The molecule has 0 fully saturated rings. The van der Waals surface area contributed by atoms with E-state index in [-0.39, 0.29) is 12.1 Å². The molecule has 3 nitrogen and oxygen atoms in total. The van der Waals surface area contributed by atoms with Gasteiger partial charge in [-0.1, -0.05) is 42.5 Å². The number of para-hydroxylation sites is 1. The molecule has 3 aromatic carbocycles. The zero-order valence-corrected chi connectivity index (χ0v) is 15.3. The number of amides is 1. The maximum absolute atomic E-state index is 14.1. The SMILES string of the molecule is COc1ccccc1/C=C/CN(C(=O)c1ccccc1F)c1ccc(F)cc1. The van der Waals surface area contributed by atoms with Crippen LogP contribution < -0.4 is 9.64 Å². The number of carbonyl (C=O) groups is 1. The van der Waals surface area contributed by atoms with Crippen LogP contribution in [0.4, 0.5) is 14.5 Å². The Morgan fingerprint density at radius 2 is 1.64 bits per heavy atom. The van der Waals surface area contributed by atoms with Crippen molar-refractivity contribution in [2.24, 2.45) is 0 Å². The molecule has 0 unspecified atom stereocenters. The van der Waals surface area contributed by atoms with E-state index in [9.17, 15) is 13.6 Å². The summed E-state index contributed by atoms with van der Waals surface area (Å²) in [6.45, 7) is 0.177. The molecule has 0 radical (unpaired) electrons. The molecule has 142 valence electrons. The van der Waals surface area contributed by atoms with Gasteiger partial charge in [0.25, 0.3) is 5.91 Å². The van der Waals surface area contributed by atoms with Crippen LogP contribution in [0.5, 0.6) is 5.75 Å². The molecule has 1 amide bonds. The quantitative estimate of drug-likeness (QED) is 0.579. The number of hydrogen-bond donors (Lipinski definition) is 0. The fraction of sp³-hybridized carbons (Fsp3) is 0.0870. The van der Waals surface area contributed by atoms with Crippen molar-refractivity contribution >= 4 is 17.7 Å². The minimum atomic E-state index is -0.603. The topological polar surface area (TPSA) is 29.5 Å². The molecule has 0 heterocycles. The van der Waals surface area contributed by atoms with Crippen molar-refractivity contribution in [3.05, 3.63) is 102 Å². The predicted molar refractivity (Wildman–Crippen MR) is 107 cm³/mol. The summed E-state index contributed by atoms with van der Waals surface area (Å²) >= 11 is 0. The van der Waals surface area contributed by atoms with Crippen molar-refractivity contribution in [2.45, 2.75) is 0 Å². The minimum Gasteiger partial charge on any atom is -0.496 e. The van der Waals surface area contributed by atoms with Crippen molar-refractivity contribution < 1.29 is 18.3 Å². The van der Waals surface area contributed by atoms with Crippen molar-refractivity contribution in [1.29, 1.82) is 0 Å². The lowest BCUT2D eigenvalue weighted by Crippen LogP contribution is -2.31. The zero-order chi connectivity index (χ0) is 19.9. The second kappa shape index (κ2) is 8.95. The average molecular weight is 379 g/mol. The Hall–Kier alpha value is -3.47. The normalized spacial score (nSPS) is 10.8. The number of ether oxygens (including phenoxy) is 1. The molecule has 3 rings (SSSR count). The monoisotopic (exact) mass is 379 g/mol. The first-order valence-electron chi connectivity index (χ1n) is 8.71. The number of halogens is 2. The fourth-order valence-corrected chi connectivity index (χ4v) is 2.80. The van der Waals surface area contributed by atoms with Crippen LogP contribution >= 0.6 is 0 Å². The van der Waals surface area contributed by atoms with Gasteiger partial charge < -0.3 is 9.64 Å². The zero-order valence-electron chi connectivity index (χ0n) is 15.3. The summed E-state index contributed by atoms with van der Waals surface area (Å²) in [5.74, 6) is -0.818. The van der Waals surface area contributed by atoms with Gasteiger partial charge in [0.15, 0.2) is 0 Å². The highest BCUT2D eigenvalue weighted by molar-refractivity contribution is 6.06. The lowest BCUT2D eigenvalue weighted by Gasteiger charge is -2.22. The number of methoxy groups -OCH3 is 1. The van der Waals surface area contributed by atoms with E-state index in [4.69, 9.17) is 4.74 Å². The van der Waals surface area contributed by atoms with Crippen molar-refractivity contribution in [1.82, 2.24) is 0 Å². The highest BCUT2D eigenvalue weighted by Crippen LogP contribution is 2.21. The van der Waals surface area contributed by atoms with E-state index >= 15 is 0 Å². The maximum Gasteiger partial charge on any atom is 0.261 e. The van der Waals surface area contributed by atoms with Crippen molar-refractivity contribution in [3.8, 4) is 5.75 Å². The molecule has 5 heteroatoms. The summed E-state index contributed by atoms with van der Waals surface area (Å²) in [6.07, 6.45) is 3.60. The Morgan fingerprint density at radius 3 is 2.36 bits per heavy atom. The van der Waals surface area contributed by atoms with Gasteiger partial charge in [0.05, 0.1) is 12.7 Å². The summed E-state index contributed by atoms with van der Waals surface area (Å²) in [4.78, 5) is 14.3. The van der Waals surface area contributed by atoms with Gasteiger partial charge >= 0.3 is 0 Å². The molecule has 0 saturated heterocycles. The molecule has 0 aliphatic rings. The van der Waals surface area contributed by atoms with Crippen molar-refractivity contribution in [2.75, 3.05) is 18.6 Å². The van der Waals surface area contributed by atoms with Gasteiger partial charge in [0.2, 0.25) is 0 Å². The fourth-order valence-electron chi connectivity index (χ4n) is 2.80. The van der Waals surface area contributed by atoms with Crippen LogP contribution in [0.3, 0.4) is 0 Å². The van der Waals surface area contributed by atoms with Crippen LogP contribution in [0.2, 0.25) is 0 Å². The molecule has 0 bridgehead atoms. The number of benzene rings is 3. The van der Waals surface area contributed by atoms with E-state index in [1.165, 1.54) is 47.4 Å². The summed E-state index contributed by atoms with van der Waals surface area (Å²) < 4.78 is 32.7. The molecule has 0 aliphatic carbocycles. The maximum atomic E-state index is 14.1. The second-order valence-electron chi connectivity index (χ2n) is 6.02. The lowest BCUT2D eigenvalue weighted by atomic mass is 10.1. The third kappa shape index (κ3) is 4.43. The molecule has 28 heavy (non-hydrogen) atoms. The molecule has 0 saturated carbocycles. The molecular weight excluding hydrogens is 360 g/mol. The van der Waals surface area contributed by atoms with Crippen LogP contribution in [0.1, 0.15) is 15.9 Å². The standard InChI is InChI=1S/C23H19F2NO2/c1-28-22-11-5-2-7-17(22)8-6-16-26(19-14-12-18(24)13-15-19)23(27)20-9-3-4-10-21(20)25/h2-15H,16H2,1H3/b8-6+. The molecular formula is C23H19F2NO2. The Morgan fingerprint density at radius 1 is 0.964 bits per heavy atom. The smallest absolute Gasteiger partial charge is 0.261 e. The molecule has 0 aromatic heterocycles. The Bertz CT molecular complexity index is 984. The molecule has 0 atom stereocenters. The molecule has 0 N–H and O–H groups in total. The van der Waals surface area contributed by atoms with Gasteiger partial charge in [-0.05, 0) is 42.5 Å². The summed E-state index contributed by atoms with van der Waals surface area (Å²) in [5.41, 5.74) is 1.28. The number of rotatable bonds is 6. The average Bonchev–Trinajstić information content (AvgIpc) is 2.72. The molecule has 0 aliphatic heterocycles. The first-order valence-corrected chi connectivity index (χ1v) is 8.71. The van der Waals surface area contributed by atoms with Crippen LogP contribution in [-0.4, -0.2) is 19.6 Å². The van der Waals surface area contributed by atoms with Crippen LogP contribution in [0, 0.1) is 11.6 Å². The van der Waals surface area contributed by atoms with E-state index in [1.54, 1.807) is 19.3 Å². The number of nitrogens with zero attached hydrogens (tertiary/aromatic N) is 1. The highest BCUT2D eigenvalue weighted by Gasteiger charge is 2.19. The van der Waals surface area contributed by atoms with Gasteiger partial charge in [0, 0.05) is 17.8 Å². The Labute approximate surface area is 162 Å². The summed E-state index contributed by atoms with van der Waals surface area (Å²) in [7, 11) is 1.58. The third-order valence-electron chi connectivity index (χ3n) is 4.21. The van der Waals surface area contributed by atoms with Gasteiger partial charge in [0.1, 0.15) is 17.4 Å². The van der Waals surface area contributed by atoms with Gasteiger partial charge in [-0.25, -0.2) is 8.78 Å². The predicted octanol–water partition coefficient (Wildman–Crippen LogP) is 5.33. The number of anilines is 1. The first-order chi connectivity index (χ1) is 13.6. The van der Waals surface area contributed by atoms with E-state index in [0.29, 0.717) is 11.4 Å². The third-order valence-corrected chi connectivity index (χ3v) is 4.21. The van der Waals surface area contributed by atoms with Crippen LogP contribution in [-0.2, 0) is 0 Å². The molecule has 0 spiro atoms. The van der Waals surface area contributed by atoms with E-state index < -0.39 is 17.5 Å². The summed E-state index contributed by atoms with van der Waals surface area (Å²) in [6, 6.07) is 18.8.